The van der Waals surface area contributed by atoms with E-state index in [1.54, 1.807) is 18.7 Å². The van der Waals surface area contributed by atoms with E-state index < -0.39 is 5.67 Å². The largest absolute Gasteiger partial charge is 0.480 e. The number of methoxy groups -OCH3 is 1. The van der Waals surface area contributed by atoms with Crippen LogP contribution in [0.5, 0.6) is 5.88 Å². The van der Waals surface area contributed by atoms with Crippen LogP contribution in [0.3, 0.4) is 0 Å². The Bertz CT molecular complexity index is 371. The number of hydrogen-bond acceptors (Lipinski definition) is 2. The minimum absolute atomic E-state index is 0.112. The van der Waals surface area contributed by atoms with Crippen LogP contribution in [0, 0.1) is 0 Å². The third kappa shape index (κ3) is 1.73. The zero-order valence-corrected chi connectivity index (χ0v) is 9.62. The van der Waals surface area contributed by atoms with Gasteiger partial charge in [0, 0.05) is 18.2 Å². The first-order valence-corrected chi connectivity index (χ1v) is 5.27. The summed E-state index contributed by atoms with van der Waals surface area (Å²) >= 11 is 0. The van der Waals surface area contributed by atoms with Gasteiger partial charge in [-0.3, -0.25) is 4.68 Å². The topological polar surface area (TPSA) is 27.1 Å². The molecule has 1 aromatic heterocycles. The molecule has 2 rings (SSSR count). The zero-order chi connectivity index (χ0) is 11.2. The van der Waals surface area contributed by atoms with Crippen LogP contribution >= 0.6 is 0 Å². The third-order valence-electron chi connectivity index (χ3n) is 2.99. The predicted octanol–water partition coefficient (Wildman–Crippen LogP) is 2.69. The SMILES string of the molecule is COc1nn(C2CC2(C)F)cc1C(C)C. The summed E-state index contributed by atoms with van der Waals surface area (Å²) in [5.41, 5.74) is -0.0501. The Morgan fingerprint density at radius 1 is 1.67 bits per heavy atom. The van der Waals surface area contributed by atoms with Crippen molar-refractivity contribution in [3.05, 3.63) is 11.8 Å². The molecule has 0 radical (unpaired) electrons. The van der Waals surface area contributed by atoms with Crippen LogP contribution in [-0.2, 0) is 0 Å². The fraction of sp³-hybridized carbons (Fsp3) is 0.727. The van der Waals surface area contributed by atoms with Gasteiger partial charge in [0.2, 0.25) is 5.88 Å². The Morgan fingerprint density at radius 3 is 2.60 bits per heavy atom. The van der Waals surface area contributed by atoms with E-state index in [2.05, 4.69) is 18.9 Å². The van der Waals surface area contributed by atoms with Crippen LogP contribution in [0.15, 0.2) is 6.20 Å². The smallest absolute Gasteiger partial charge is 0.235 e. The molecule has 0 bridgehead atoms. The Hall–Kier alpha value is -1.06. The number of rotatable bonds is 3. The van der Waals surface area contributed by atoms with Crippen molar-refractivity contribution in [2.45, 2.75) is 44.8 Å². The lowest BCUT2D eigenvalue weighted by Crippen LogP contribution is -2.04. The van der Waals surface area contributed by atoms with Gasteiger partial charge in [-0.25, -0.2) is 4.39 Å². The summed E-state index contributed by atoms with van der Waals surface area (Å²) in [6, 6.07) is -0.112. The van der Waals surface area contributed by atoms with Crippen LogP contribution in [0.1, 0.15) is 44.7 Å². The fourth-order valence-corrected chi connectivity index (χ4v) is 1.79. The Kier molecular flexibility index (Phi) is 2.24. The molecule has 1 heterocycles. The summed E-state index contributed by atoms with van der Waals surface area (Å²) < 4.78 is 20.4. The van der Waals surface area contributed by atoms with Crippen LogP contribution in [-0.4, -0.2) is 22.6 Å². The molecular weight excluding hydrogens is 195 g/mol. The monoisotopic (exact) mass is 212 g/mol. The fourth-order valence-electron chi connectivity index (χ4n) is 1.79. The van der Waals surface area contributed by atoms with E-state index in [-0.39, 0.29) is 6.04 Å². The second-order valence-electron chi connectivity index (χ2n) is 4.73. The number of hydrogen-bond donors (Lipinski definition) is 0. The summed E-state index contributed by atoms with van der Waals surface area (Å²) in [6.45, 7) is 5.76. The number of alkyl halides is 1. The maximum atomic E-state index is 13.5. The molecule has 0 N–H and O–H groups in total. The Labute approximate surface area is 89.2 Å². The molecule has 2 atom stereocenters. The molecule has 2 unspecified atom stereocenters. The number of ether oxygens (including phenoxy) is 1. The standard InChI is InChI=1S/C11H17FN2O/c1-7(2)8-6-14(13-10(8)15-4)9-5-11(9,3)12/h6-7,9H,5H2,1-4H3. The van der Waals surface area contributed by atoms with Gasteiger partial charge in [0.1, 0.15) is 5.67 Å². The minimum atomic E-state index is -1.09. The molecule has 15 heavy (non-hydrogen) atoms. The maximum absolute atomic E-state index is 13.5. The van der Waals surface area contributed by atoms with Gasteiger partial charge < -0.3 is 4.74 Å². The van der Waals surface area contributed by atoms with E-state index in [1.165, 1.54) is 0 Å². The van der Waals surface area contributed by atoms with E-state index in [4.69, 9.17) is 4.74 Å². The highest BCUT2D eigenvalue weighted by Crippen LogP contribution is 2.51. The molecule has 0 spiro atoms. The van der Waals surface area contributed by atoms with Gasteiger partial charge in [0.05, 0.1) is 13.2 Å². The zero-order valence-electron chi connectivity index (χ0n) is 9.62. The van der Waals surface area contributed by atoms with E-state index in [0.29, 0.717) is 18.2 Å². The Balaban J connectivity index is 2.28. The lowest BCUT2D eigenvalue weighted by molar-refractivity contribution is 0.298. The minimum Gasteiger partial charge on any atom is -0.480 e. The van der Waals surface area contributed by atoms with Gasteiger partial charge in [-0.15, -0.1) is 5.10 Å². The molecule has 1 aliphatic carbocycles. The van der Waals surface area contributed by atoms with E-state index >= 15 is 0 Å². The quantitative estimate of drug-likeness (QED) is 0.770. The molecule has 84 valence electrons. The van der Waals surface area contributed by atoms with E-state index in [0.717, 1.165) is 5.56 Å². The highest BCUT2D eigenvalue weighted by Gasteiger charge is 2.53. The second kappa shape index (κ2) is 3.22. The van der Waals surface area contributed by atoms with E-state index in [1.807, 2.05) is 6.20 Å². The second-order valence-corrected chi connectivity index (χ2v) is 4.73. The third-order valence-corrected chi connectivity index (χ3v) is 2.99. The van der Waals surface area contributed by atoms with Crippen molar-refractivity contribution in [2.75, 3.05) is 7.11 Å². The normalized spacial score (nSPS) is 29.6. The van der Waals surface area contributed by atoms with E-state index in [9.17, 15) is 4.39 Å². The lowest BCUT2D eigenvalue weighted by atomic mass is 10.1. The molecule has 1 aromatic rings. The molecule has 0 amide bonds. The van der Waals surface area contributed by atoms with Crippen LogP contribution in [0.2, 0.25) is 0 Å². The van der Waals surface area contributed by atoms with Crippen LogP contribution in [0.25, 0.3) is 0 Å². The maximum Gasteiger partial charge on any atom is 0.235 e. The van der Waals surface area contributed by atoms with Gasteiger partial charge >= 0.3 is 0 Å². The molecule has 3 nitrogen and oxygen atoms in total. The van der Waals surface area contributed by atoms with Crippen molar-refractivity contribution in [1.82, 2.24) is 9.78 Å². The van der Waals surface area contributed by atoms with Crippen molar-refractivity contribution in [2.24, 2.45) is 0 Å². The molecule has 0 aliphatic heterocycles. The molecule has 0 aromatic carbocycles. The summed E-state index contributed by atoms with van der Waals surface area (Å²) in [5, 5.41) is 4.26. The van der Waals surface area contributed by atoms with Crippen LogP contribution in [0.4, 0.5) is 4.39 Å². The van der Waals surface area contributed by atoms with Gasteiger partial charge in [0.15, 0.2) is 0 Å². The van der Waals surface area contributed by atoms with Crippen molar-refractivity contribution in [3.8, 4) is 5.88 Å². The van der Waals surface area contributed by atoms with Gasteiger partial charge in [-0.05, 0) is 12.8 Å². The van der Waals surface area contributed by atoms with Gasteiger partial charge in [-0.1, -0.05) is 13.8 Å². The highest BCUT2D eigenvalue weighted by molar-refractivity contribution is 5.27. The van der Waals surface area contributed by atoms with Gasteiger partial charge in [-0.2, -0.15) is 0 Å². The van der Waals surface area contributed by atoms with Crippen molar-refractivity contribution in [3.63, 3.8) is 0 Å². The molecule has 1 saturated carbocycles. The average molecular weight is 212 g/mol. The molecule has 1 aliphatic rings. The lowest BCUT2D eigenvalue weighted by Gasteiger charge is -2.01. The van der Waals surface area contributed by atoms with Crippen molar-refractivity contribution >= 4 is 0 Å². The number of nitrogens with zero attached hydrogens (tertiary/aromatic N) is 2. The van der Waals surface area contributed by atoms with Crippen LogP contribution < -0.4 is 4.74 Å². The number of aromatic nitrogens is 2. The molecular formula is C11H17FN2O. The first-order chi connectivity index (χ1) is 6.95. The summed E-state index contributed by atoms with van der Waals surface area (Å²) in [4.78, 5) is 0. The summed E-state index contributed by atoms with van der Waals surface area (Å²) in [6.07, 6.45) is 2.45. The Morgan fingerprint density at radius 2 is 2.27 bits per heavy atom. The first kappa shape index (κ1) is 10.5. The number of halogens is 1. The van der Waals surface area contributed by atoms with Crippen molar-refractivity contribution < 1.29 is 9.13 Å². The van der Waals surface area contributed by atoms with Crippen molar-refractivity contribution in [1.29, 1.82) is 0 Å². The van der Waals surface area contributed by atoms with Gasteiger partial charge in [0.25, 0.3) is 0 Å². The predicted molar refractivity (Wildman–Crippen MR) is 56.0 cm³/mol. The first-order valence-electron chi connectivity index (χ1n) is 5.27. The molecule has 1 fully saturated rings. The highest BCUT2D eigenvalue weighted by atomic mass is 19.1. The summed E-state index contributed by atoms with van der Waals surface area (Å²) in [7, 11) is 1.60. The molecule has 0 saturated heterocycles. The summed E-state index contributed by atoms with van der Waals surface area (Å²) in [5.74, 6) is 0.964. The average Bonchev–Trinajstić information content (AvgIpc) is 2.65. The molecule has 4 heteroatoms.